The van der Waals surface area contributed by atoms with Crippen LogP contribution in [-0.4, -0.2) is 49.0 Å². The molecule has 22 heavy (non-hydrogen) atoms. The Morgan fingerprint density at radius 1 is 1.36 bits per heavy atom. The summed E-state index contributed by atoms with van der Waals surface area (Å²) in [6, 6.07) is 3.90. The van der Waals surface area contributed by atoms with Gasteiger partial charge in [-0.1, -0.05) is 5.21 Å². The van der Waals surface area contributed by atoms with Crippen LogP contribution in [0.1, 0.15) is 24.1 Å². The summed E-state index contributed by atoms with van der Waals surface area (Å²) < 4.78 is 1.64. The molecular weight excluding hydrogens is 282 g/mol. The molecule has 1 fully saturated rings. The summed E-state index contributed by atoms with van der Waals surface area (Å²) in [6.45, 7) is 3.48. The molecule has 0 unspecified atom stereocenters. The van der Waals surface area contributed by atoms with Crippen LogP contribution in [0.4, 0.5) is 5.82 Å². The van der Waals surface area contributed by atoms with E-state index in [0.717, 1.165) is 5.69 Å². The molecule has 114 valence electrons. The molecule has 3 heterocycles. The highest BCUT2D eigenvalue weighted by Crippen LogP contribution is 2.28. The minimum atomic E-state index is -0.810. The molecule has 1 N–H and O–H groups in total. The number of nitrogens with zero attached hydrogens (tertiary/aromatic N) is 7. The maximum Gasteiger partial charge on any atom is 0.169 e. The standard InChI is InChI=1S/C14H17N7O/c1-11-8-12(9-15)13(18-17-11)20-5-2-14(22,3-6-20)10-21-7-4-16-19-21/h4,7-8,22H,2-3,5-6,10H2,1H3. The zero-order chi connectivity index (χ0) is 15.6. The molecule has 2 aromatic rings. The number of aromatic nitrogens is 5. The summed E-state index contributed by atoms with van der Waals surface area (Å²) >= 11 is 0. The van der Waals surface area contributed by atoms with Crippen molar-refractivity contribution in [2.45, 2.75) is 31.9 Å². The van der Waals surface area contributed by atoms with Crippen LogP contribution in [-0.2, 0) is 6.54 Å². The topological polar surface area (TPSA) is 104 Å². The monoisotopic (exact) mass is 299 g/mol. The van der Waals surface area contributed by atoms with Gasteiger partial charge >= 0.3 is 0 Å². The first-order valence-corrected chi connectivity index (χ1v) is 7.15. The lowest BCUT2D eigenvalue weighted by molar-refractivity contribution is -0.00358. The number of aryl methyl sites for hydroxylation is 1. The van der Waals surface area contributed by atoms with E-state index in [1.54, 1.807) is 23.1 Å². The molecule has 0 aliphatic carbocycles. The van der Waals surface area contributed by atoms with Crippen molar-refractivity contribution in [3.05, 3.63) is 29.7 Å². The van der Waals surface area contributed by atoms with Crippen LogP contribution in [0.5, 0.6) is 0 Å². The molecule has 3 rings (SSSR count). The Labute approximate surface area is 128 Å². The lowest BCUT2D eigenvalue weighted by Gasteiger charge is -2.38. The van der Waals surface area contributed by atoms with Crippen LogP contribution in [0.3, 0.4) is 0 Å². The highest BCUT2D eigenvalue weighted by Gasteiger charge is 2.34. The van der Waals surface area contributed by atoms with E-state index in [4.69, 9.17) is 0 Å². The van der Waals surface area contributed by atoms with Gasteiger partial charge in [-0.3, -0.25) is 0 Å². The van der Waals surface area contributed by atoms with Crippen molar-refractivity contribution in [2.24, 2.45) is 0 Å². The van der Waals surface area contributed by atoms with E-state index in [2.05, 4.69) is 26.6 Å². The summed E-state index contributed by atoms with van der Waals surface area (Å²) in [6.07, 6.45) is 4.49. The summed E-state index contributed by atoms with van der Waals surface area (Å²) in [7, 11) is 0. The van der Waals surface area contributed by atoms with Crippen molar-refractivity contribution < 1.29 is 5.11 Å². The van der Waals surface area contributed by atoms with Gasteiger partial charge in [0.1, 0.15) is 6.07 Å². The second-order valence-electron chi connectivity index (χ2n) is 5.65. The van der Waals surface area contributed by atoms with Crippen molar-refractivity contribution in [3.63, 3.8) is 0 Å². The number of anilines is 1. The summed E-state index contributed by atoms with van der Waals surface area (Å²) in [5.41, 5.74) is 0.434. The van der Waals surface area contributed by atoms with E-state index < -0.39 is 5.60 Å². The van der Waals surface area contributed by atoms with Crippen LogP contribution in [0.25, 0.3) is 0 Å². The number of aliphatic hydroxyl groups is 1. The van der Waals surface area contributed by atoms with E-state index in [1.807, 2.05) is 11.8 Å². The van der Waals surface area contributed by atoms with Crippen LogP contribution in [0, 0.1) is 18.3 Å². The molecule has 0 bridgehead atoms. The third-order valence-corrected chi connectivity index (χ3v) is 3.94. The number of hydrogen-bond acceptors (Lipinski definition) is 7. The lowest BCUT2D eigenvalue weighted by Crippen LogP contribution is -2.47. The van der Waals surface area contributed by atoms with Crippen LogP contribution >= 0.6 is 0 Å². The molecule has 0 amide bonds. The Balaban J connectivity index is 1.70. The molecule has 1 aliphatic heterocycles. The average molecular weight is 299 g/mol. The van der Waals surface area contributed by atoms with Gasteiger partial charge in [0.15, 0.2) is 5.82 Å². The molecule has 0 atom stereocenters. The van der Waals surface area contributed by atoms with Crippen LogP contribution in [0.2, 0.25) is 0 Å². The molecule has 0 saturated carbocycles. The number of rotatable bonds is 3. The molecule has 1 saturated heterocycles. The third-order valence-electron chi connectivity index (χ3n) is 3.94. The number of hydrogen-bond donors (Lipinski definition) is 1. The zero-order valence-corrected chi connectivity index (χ0v) is 12.3. The minimum Gasteiger partial charge on any atom is -0.388 e. The molecule has 0 spiro atoms. The van der Waals surface area contributed by atoms with Crippen molar-refractivity contribution in [3.8, 4) is 6.07 Å². The fraction of sp³-hybridized carbons (Fsp3) is 0.500. The number of nitriles is 1. The van der Waals surface area contributed by atoms with Gasteiger partial charge in [0.25, 0.3) is 0 Å². The predicted octanol–water partition coefficient (Wildman–Crippen LogP) is 0.280. The molecule has 0 radical (unpaired) electrons. The molecular formula is C14H17N7O. The molecule has 2 aromatic heterocycles. The fourth-order valence-corrected chi connectivity index (χ4v) is 2.71. The minimum absolute atomic E-state index is 0.422. The Kier molecular flexibility index (Phi) is 3.73. The second-order valence-corrected chi connectivity index (χ2v) is 5.65. The van der Waals surface area contributed by atoms with E-state index in [9.17, 15) is 10.4 Å². The molecule has 1 aliphatic rings. The highest BCUT2D eigenvalue weighted by molar-refractivity contribution is 5.53. The van der Waals surface area contributed by atoms with Crippen molar-refractivity contribution in [1.29, 1.82) is 5.26 Å². The first-order valence-electron chi connectivity index (χ1n) is 7.15. The predicted molar refractivity (Wildman–Crippen MR) is 77.9 cm³/mol. The van der Waals surface area contributed by atoms with E-state index in [0.29, 0.717) is 43.9 Å². The van der Waals surface area contributed by atoms with Gasteiger partial charge < -0.3 is 10.0 Å². The van der Waals surface area contributed by atoms with Crippen molar-refractivity contribution in [2.75, 3.05) is 18.0 Å². The van der Waals surface area contributed by atoms with Gasteiger partial charge in [0, 0.05) is 19.3 Å². The molecule has 0 aromatic carbocycles. The Bertz CT molecular complexity index is 684. The lowest BCUT2D eigenvalue weighted by atomic mass is 9.91. The summed E-state index contributed by atoms with van der Waals surface area (Å²) in [5, 5.41) is 35.7. The normalized spacial score (nSPS) is 17.2. The zero-order valence-electron chi connectivity index (χ0n) is 12.3. The average Bonchev–Trinajstić information content (AvgIpc) is 3.00. The van der Waals surface area contributed by atoms with Gasteiger partial charge in [0.05, 0.1) is 29.6 Å². The quantitative estimate of drug-likeness (QED) is 0.868. The van der Waals surface area contributed by atoms with Crippen molar-refractivity contribution >= 4 is 5.82 Å². The van der Waals surface area contributed by atoms with Gasteiger partial charge in [-0.15, -0.1) is 10.2 Å². The van der Waals surface area contributed by atoms with Gasteiger partial charge in [-0.05, 0) is 25.8 Å². The Morgan fingerprint density at radius 2 is 2.14 bits per heavy atom. The largest absolute Gasteiger partial charge is 0.388 e. The Morgan fingerprint density at radius 3 is 2.77 bits per heavy atom. The van der Waals surface area contributed by atoms with Gasteiger partial charge in [0.2, 0.25) is 0 Å². The third kappa shape index (κ3) is 2.89. The first-order chi connectivity index (χ1) is 10.6. The van der Waals surface area contributed by atoms with E-state index >= 15 is 0 Å². The van der Waals surface area contributed by atoms with Crippen molar-refractivity contribution in [1.82, 2.24) is 25.2 Å². The SMILES string of the molecule is Cc1cc(C#N)c(N2CCC(O)(Cn3ccnn3)CC2)nn1. The maximum atomic E-state index is 10.7. The van der Waals surface area contributed by atoms with Crippen LogP contribution in [0.15, 0.2) is 18.5 Å². The van der Waals surface area contributed by atoms with Crippen LogP contribution < -0.4 is 4.90 Å². The smallest absolute Gasteiger partial charge is 0.169 e. The summed E-state index contributed by atoms with van der Waals surface area (Å²) in [5.74, 6) is 0.593. The number of piperidine rings is 1. The van der Waals surface area contributed by atoms with Gasteiger partial charge in [-0.2, -0.15) is 10.4 Å². The Hall–Kier alpha value is -2.53. The summed E-state index contributed by atoms with van der Waals surface area (Å²) in [4.78, 5) is 2.00. The maximum absolute atomic E-state index is 10.7. The molecule has 8 nitrogen and oxygen atoms in total. The first kappa shape index (κ1) is 14.4. The van der Waals surface area contributed by atoms with Gasteiger partial charge in [-0.25, -0.2) is 4.68 Å². The second kappa shape index (κ2) is 5.69. The highest BCUT2D eigenvalue weighted by atomic mass is 16.3. The molecule has 8 heteroatoms. The fourth-order valence-electron chi connectivity index (χ4n) is 2.71. The van der Waals surface area contributed by atoms with E-state index in [1.165, 1.54) is 0 Å². The van der Waals surface area contributed by atoms with E-state index in [-0.39, 0.29) is 0 Å².